The number of esters is 1. The molecule has 2 atom stereocenters. The minimum Gasteiger partial charge on any atom is -0.469 e. The van der Waals surface area contributed by atoms with Crippen molar-refractivity contribution in [2.75, 3.05) is 25.1 Å². The van der Waals surface area contributed by atoms with Gasteiger partial charge in [-0.25, -0.2) is 8.78 Å². The van der Waals surface area contributed by atoms with Crippen LogP contribution >= 0.6 is 0 Å². The Balaban J connectivity index is 2.31. The van der Waals surface area contributed by atoms with Gasteiger partial charge in [0, 0.05) is 13.1 Å². The van der Waals surface area contributed by atoms with Crippen LogP contribution in [0.15, 0.2) is 12.1 Å². The fraction of sp³-hybridized carbons (Fsp3) is 0.429. The SMILES string of the molecule is COC(=O)C1CN(c2c(F)cc(C#N)cc2F)CC1C. The van der Waals surface area contributed by atoms with E-state index in [0.29, 0.717) is 6.54 Å². The largest absolute Gasteiger partial charge is 0.469 e. The van der Waals surface area contributed by atoms with E-state index in [1.807, 2.05) is 6.92 Å². The lowest BCUT2D eigenvalue weighted by molar-refractivity contribution is -0.145. The van der Waals surface area contributed by atoms with Gasteiger partial charge in [-0.15, -0.1) is 0 Å². The molecule has 1 aliphatic rings. The third-order valence-electron chi connectivity index (χ3n) is 3.58. The number of benzene rings is 1. The number of carbonyl (C=O) groups is 1. The lowest BCUT2D eigenvalue weighted by atomic mass is 9.99. The van der Waals surface area contributed by atoms with Crippen molar-refractivity contribution < 1.29 is 18.3 Å². The summed E-state index contributed by atoms with van der Waals surface area (Å²) in [5.74, 6) is -2.43. The molecule has 1 aromatic carbocycles. The van der Waals surface area contributed by atoms with Crippen LogP contribution in [0.2, 0.25) is 0 Å². The second-order valence-corrected chi connectivity index (χ2v) is 4.91. The van der Waals surface area contributed by atoms with Crippen LogP contribution < -0.4 is 4.90 Å². The summed E-state index contributed by atoms with van der Waals surface area (Å²) in [6, 6.07) is 3.69. The number of nitrogens with zero attached hydrogens (tertiary/aromatic N) is 2. The average molecular weight is 280 g/mol. The molecule has 1 fully saturated rings. The minimum absolute atomic E-state index is 0.0584. The van der Waals surface area contributed by atoms with Crippen molar-refractivity contribution in [3.05, 3.63) is 29.3 Å². The van der Waals surface area contributed by atoms with E-state index in [-0.39, 0.29) is 29.7 Å². The molecule has 106 valence electrons. The molecule has 0 saturated carbocycles. The van der Waals surface area contributed by atoms with E-state index in [4.69, 9.17) is 5.26 Å². The molecular formula is C14H14F2N2O2. The van der Waals surface area contributed by atoms with E-state index in [9.17, 15) is 13.6 Å². The van der Waals surface area contributed by atoms with Gasteiger partial charge < -0.3 is 9.64 Å². The normalized spacial score (nSPS) is 21.6. The Morgan fingerprint density at radius 2 is 2.00 bits per heavy atom. The molecule has 0 aliphatic carbocycles. The first-order chi connectivity index (χ1) is 9.47. The summed E-state index contributed by atoms with van der Waals surface area (Å²) in [5, 5.41) is 8.67. The molecule has 4 nitrogen and oxygen atoms in total. The van der Waals surface area contributed by atoms with Crippen LogP contribution in [0.25, 0.3) is 0 Å². The van der Waals surface area contributed by atoms with Gasteiger partial charge in [-0.2, -0.15) is 5.26 Å². The molecule has 0 N–H and O–H groups in total. The van der Waals surface area contributed by atoms with Crippen LogP contribution in [0.3, 0.4) is 0 Å². The predicted molar refractivity (Wildman–Crippen MR) is 68.0 cm³/mol. The van der Waals surface area contributed by atoms with Crippen molar-refractivity contribution in [1.29, 1.82) is 5.26 Å². The number of halogens is 2. The monoisotopic (exact) mass is 280 g/mol. The Morgan fingerprint density at radius 3 is 2.50 bits per heavy atom. The second-order valence-electron chi connectivity index (χ2n) is 4.91. The zero-order valence-corrected chi connectivity index (χ0v) is 11.2. The molecule has 2 unspecified atom stereocenters. The Morgan fingerprint density at radius 1 is 1.40 bits per heavy atom. The van der Waals surface area contributed by atoms with Crippen LogP contribution in [-0.2, 0) is 9.53 Å². The summed E-state index contributed by atoms with van der Waals surface area (Å²) in [6.45, 7) is 2.40. The van der Waals surface area contributed by atoms with Crippen LogP contribution in [0.5, 0.6) is 0 Å². The highest BCUT2D eigenvalue weighted by Crippen LogP contribution is 2.32. The summed E-state index contributed by atoms with van der Waals surface area (Å²) >= 11 is 0. The lowest BCUT2D eigenvalue weighted by Crippen LogP contribution is -2.25. The first kappa shape index (κ1) is 14.3. The molecule has 6 heteroatoms. The second kappa shape index (κ2) is 5.45. The predicted octanol–water partition coefficient (Wildman–Crippen LogP) is 2.08. The fourth-order valence-corrected chi connectivity index (χ4v) is 2.54. The van der Waals surface area contributed by atoms with Crippen molar-refractivity contribution >= 4 is 11.7 Å². The molecule has 1 saturated heterocycles. The van der Waals surface area contributed by atoms with Gasteiger partial charge in [-0.05, 0) is 18.1 Å². The maximum absolute atomic E-state index is 13.9. The molecule has 2 rings (SSSR count). The highest BCUT2D eigenvalue weighted by atomic mass is 19.1. The van der Waals surface area contributed by atoms with Crippen LogP contribution in [0.4, 0.5) is 14.5 Å². The number of rotatable bonds is 2. The number of carbonyl (C=O) groups excluding carboxylic acids is 1. The zero-order chi connectivity index (χ0) is 14.9. The first-order valence-corrected chi connectivity index (χ1v) is 6.19. The zero-order valence-electron chi connectivity index (χ0n) is 11.2. The number of hydrogen-bond donors (Lipinski definition) is 0. The highest BCUT2D eigenvalue weighted by Gasteiger charge is 2.37. The van der Waals surface area contributed by atoms with Crippen molar-refractivity contribution in [3.63, 3.8) is 0 Å². The average Bonchev–Trinajstić information content (AvgIpc) is 2.78. The van der Waals surface area contributed by atoms with Crippen molar-refractivity contribution in [2.45, 2.75) is 6.92 Å². The van der Waals surface area contributed by atoms with E-state index in [1.54, 1.807) is 6.07 Å². The van der Waals surface area contributed by atoms with Crippen molar-refractivity contribution in [1.82, 2.24) is 0 Å². The van der Waals surface area contributed by atoms with Crippen molar-refractivity contribution in [3.8, 4) is 6.07 Å². The number of anilines is 1. The highest BCUT2D eigenvalue weighted by molar-refractivity contribution is 5.74. The maximum atomic E-state index is 13.9. The van der Waals surface area contributed by atoms with Crippen LogP contribution in [-0.4, -0.2) is 26.2 Å². The van der Waals surface area contributed by atoms with Gasteiger partial charge in [0.05, 0.1) is 24.7 Å². The topological polar surface area (TPSA) is 53.3 Å². The number of methoxy groups -OCH3 is 1. The minimum atomic E-state index is -0.792. The van der Waals surface area contributed by atoms with E-state index < -0.39 is 17.6 Å². The molecule has 1 aromatic rings. The number of nitriles is 1. The molecule has 1 aliphatic heterocycles. The number of hydrogen-bond acceptors (Lipinski definition) is 4. The molecule has 0 spiro atoms. The Kier molecular flexibility index (Phi) is 3.89. The maximum Gasteiger partial charge on any atom is 0.310 e. The van der Waals surface area contributed by atoms with Gasteiger partial charge in [-0.1, -0.05) is 6.92 Å². The summed E-state index contributed by atoms with van der Waals surface area (Å²) in [5.41, 5.74) is -0.261. The molecule has 0 amide bonds. The fourth-order valence-electron chi connectivity index (χ4n) is 2.54. The molecule has 1 heterocycles. The smallest absolute Gasteiger partial charge is 0.310 e. The lowest BCUT2D eigenvalue weighted by Gasteiger charge is -2.19. The van der Waals surface area contributed by atoms with Gasteiger partial charge in [-0.3, -0.25) is 4.79 Å². The van der Waals surface area contributed by atoms with Gasteiger partial charge in [0.2, 0.25) is 0 Å². The van der Waals surface area contributed by atoms with E-state index >= 15 is 0 Å². The van der Waals surface area contributed by atoms with Gasteiger partial charge >= 0.3 is 5.97 Å². The summed E-state index contributed by atoms with van der Waals surface area (Å²) < 4.78 is 32.6. The van der Waals surface area contributed by atoms with Gasteiger partial charge in [0.15, 0.2) is 11.6 Å². The molecule has 0 radical (unpaired) electrons. The van der Waals surface area contributed by atoms with Crippen LogP contribution in [0.1, 0.15) is 12.5 Å². The molecule has 0 aromatic heterocycles. The van der Waals surface area contributed by atoms with E-state index in [2.05, 4.69) is 4.74 Å². The Labute approximate surface area is 115 Å². The van der Waals surface area contributed by atoms with Crippen LogP contribution in [0, 0.1) is 34.8 Å². The molecule has 0 bridgehead atoms. The summed E-state index contributed by atoms with van der Waals surface area (Å²) in [4.78, 5) is 13.1. The third kappa shape index (κ3) is 2.44. The number of ether oxygens (including phenoxy) is 1. The summed E-state index contributed by atoms with van der Waals surface area (Å²) in [7, 11) is 1.29. The van der Waals surface area contributed by atoms with E-state index in [0.717, 1.165) is 12.1 Å². The van der Waals surface area contributed by atoms with Crippen molar-refractivity contribution in [2.24, 2.45) is 11.8 Å². The Hall–Kier alpha value is -2.16. The third-order valence-corrected chi connectivity index (χ3v) is 3.58. The molecule has 20 heavy (non-hydrogen) atoms. The standard InChI is InChI=1S/C14H14F2N2O2/c1-8-6-18(7-10(8)14(19)20-2)13-11(15)3-9(5-17)4-12(13)16/h3-4,8,10H,6-7H2,1-2H3. The van der Waals surface area contributed by atoms with Gasteiger partial charge in [0.25, 0.3) is 0 Å². The quantitative estimate of drug-likeness (QED) is 0.778. The molecular weight excluding hydrogens is 266 g/mol. The summed E-state index contributed by atoms with van der Waals surface area (Å²) in [6.07, 6.45) is 0. The van der Waals surface area contributed by atoms with E-state index in [1.165, 1.54) is 12.0 Å². The Bertz CT molecular complexity index is 560. The van der Waals surface area contributed by atoms with Gasteiger partial charge in [0.1, 0.15) is 5.69 Å². The first-order valence-electron chi connectivity index (χ1n) is 6.19.